The van der Waals surface area contributed by atoms with Crippen molar-refractivity contribution in [2.24, 2.45) is 0 Å². The number of carbonyl (C=O) groups excluding carboxylic acids is 1. The summed E-state index contributed by atoms with van der Waals surface area (Å²) in [5.41, 5.74) is 6.45. The zero-order valence-corrected chi connectivity index (χ0v) is 14.8. The number of rotatable bonds is 4. The number of hydrogen-bond donors (Lipinski definition) is 0. The van der Waals surface area contributed by atoms with Crippen LogP contribution < -0.4 is 0 Å². The number of ketones is 1. The van der Waals surface area contributed by atoms with E-state index in [-0.39, 0.29) is 5.78 Å². The summed E-state index contributed by atoms with van der Waals surface area (Å²) in [5, 5.41) is 0. The van der Waals surface area contributed by atoms with Gasteiger partial charge in [0.05, 0.1) is 5.57 Å². The van der Waals surface area contributed by atoms with Crippen LogP contribution in [-0.2, 0) is 29.1 Å². The molecular formula is C22H23NO2. The maximum atomic E-state index is 12.6. The van der Waals surface area contributed by atoms with Crippen molar-refractivity contribution in [3.05, 3.63) is 70.3 Å². The zero-order chi connectivity index (χ0) is 17.4. The van der Waals surface area contributed by atoms with Gasteiger partial charge >= 0.3 is 0 Å². The van der Waals surface area contributed by atoms with Crippen LogP contribution >= 0.6 is 0 Å². The van der Waals surface area contributed by atoms with Gasteiger partial charge in [0, 0.05) is 24.1 Å². The fourth-order valence-corrected chi connectivity index (χ4v) is 3.81. The number of carbonyl (C=O) groups is 1. The van der Waals surface area contributed by atoms with E-state index in [0.717, 1.165) is 47.7 Å². The highest BCUT2D eigenvalue weighted by Crippen LogP contribution is 2.40. The minimum absolute atomic E-state index is 0.163. The van der Waals surface area contributed by atoms with Crippen LogP contribution in [0.5, 0.6) is 0 Å². The first-order valence-corrected chi connectivity index (χ1v) is 9.04. The molecule has 0 saturated heterocycles. The van der Waals surface area contributed by atoms with Crippen molar-refractivity contribution >= 4 is 17.1 Å². The number of fused-ring (bicyclic) bond motifs is 2. The lowest BCUT2D eigenvalue weighted by Crippen LogP contribution is -2.22. The van der Waals surface area contributed by atoms with E-state index in [1.807, 2.05) is 24.3 Å². The molecule has 2 aromatic carbocycles. The first-order valence-electron chi connectivity index (χ1n) is 9.04. The Bertz CT molecular complexity index is 862. The van der Waals surface area contributed by atoms with E-state index in [9.17, 15) is 4.79 Å². The molecule has 0 saturated carbocycles. The Balaban J connectivity index is 1.72. The van der Waals surface area contributed by atoms with Crippen molar-refractivity contribution in [1.82, 2.24) is 4.90 Å². The third kappa shape index (κ3) is 2.79. The van der Waals surface area contributed by atoms with Gasteiger partial charge in [-0.25, -0.2) is 0 Å². The molecule has 0 atom stereocenters. The topological polar surface area (TPSA) is 29.5 Å². The molecule has 25 heavy (non-hydrogen) atoms. The Kier molecular flexibility index (Phi) is 4.18. The van der Waals surface area contributed by atoms with Gasteiger partial charge in [0.25, 0.3) is 0 Å². The summed E-state index contributed by atoms with van der Waals surface area (Å²) in [6.45, 7) is 7.97. The second-order valence-electron chi connectivity index (χ2n) is 6.70. The minimum atomic E-state index is 0.163. The average molecular weight is 333 g/mol. The minimum Gasteiger partial charge on any atom is -0.487 e. The van der Waals surface area contributed by atoms with Gasteiger partial charge in [0.2, 0.25) is 0 Å². The van der Waals surface area contributed by atoms with E-state index in [1.165, 1.54) is 11.1 Å². The molecule has 0 amide bonds. The van der Waals surface area contributed by atoms with E-state index in [1.54, 1.807) is 0 Å². The lowest BCUT2D eigenvalue weighted by Gasteiger charge is -2.18. The molecule has 128 valence electrons. The molecule has 3 heteroatoms. The van der Waals surface area contributed by atoms with E-state index < -0.39 is 0 Å². The third-order valence-electron chi connectivity index (χ3n) is 5.23. The molecule has 1 aliphatic heterocycles. The first-order chi connectivity index (χ1) is 12.2. The van der Waals surface area contributed by atoms with Crippen LogP contribution in [0.15, 0.2) is 42.5 Å². The van der Waals surface area contributed by atoms with Gasteiger partial charge < -0.3 is 4.74 Å². The van der Waals surface area contributed by atoms with E-state index in [0.29, 0.717) is 13.0 Å². The summed E-state index contributed by atoms with van der Waals surface area (Å²) >= 11 is 0. The molecule has 0 aromatic heterocycles. The molecule has 4 rings (SSSR count). The van der Waals surface area contributed by atoms with Crippen molar-refractivity contribution < 1.29 is 9.53 Å². The van der Waals surface area contributed by atoms with Gasteiger partial charge in [-0.15, -0.1) is 0 Å². The maximum Gasteiger partial charge on any atom is 0.171 e. The highest BCUT2D eigenvalue weighted by molar-refractivity contribution is 6.31. The van der Waals surface area contributed by atoms with Crippen LogP contribution in [0.2, 0.25) is 0 Å². The average Bonchev–Trinajstić information content (AvgIpc) is 3.18. The molecule has 0 bridgehead atoms. The lowest BCUT2D eigenvalue weighted by atomic mass is 9.99. The predicted octanol–water partition coefficient (Wildman–Crippen LogP) is 4.05. The van der Waals surface area contributed by atoms with Gasteiger partial charge in [0.1, 0.15) is 12.4 Å². The van der Waals surface area contributed by atoms with E-state index >= 15 is 0 Å². The fourth-order valence-electron chi connectivity index (χ4n) is 3.81. The van der Waals surface area contributed by atoms with Gasteiger partial charge in [-0.2, -0.15) is 0 Å². The lowest BCUT2D eigenvalue weighted by molar-refractivity contribution is -0.112. The number of hydrogen-bond acceptors (Lipinski definition) is 3. The largest absolute Gasteiger partial charge is 0.487 e. The second kappa shape index (κ2) is 6.49. The Morgan fingerprint density at radius 2 is 1.80 bits per heavy atom. The Hall–Kier alpha value is -2.39. The Labute approximate surface area is 148 Å². The van der Waals surface area contributed by atoms with Crippen LogP contribution in [0, 0.1) is 0 Å². The molecule has 0 fully saturated rings. The molecule has 1 aliphatic carbocycles. The third-order valence-corrected chi connectivity index (χ3v) is 5.23. The van der Waals surface area contributed by atoms with Gasteiger partial charge in [-0.3, -0.25) is 9.69 Å². The highest BCUT2D eigenvalue weighted by Gasteiger charge is 2.32. The quantitative estimate of drug-likeness (QED) is 0.791. The smallest absolute Gasteiger partial charge is 0.171 e. The van der Waals surface area contributed by atoms with Crippen LogP contribution in [-0.4, -0.2) is 23.8 Å². The molecule has 3 nitrogen and oxygen atoms in total. The SMILES string of the molecule is CCN(CC)Cc1ccc2c(c1)CO/C2=C1/C(=O)Cc2ccccc21. The number of benzene rings is 2. The first kappa shape index (κ1) is 16.1. The highest BCUT2D eigenvalue weighted by atomic mass is 16.5. The Morgan fingerprint density at radius 1 is 1.00 bits per heavy atom. The molecule has 2 aromatic rings. The molecular weight excluding hydrogens is 310 g/mol. The summed E-state index contributed by atoms with van der Waals surface area (Å²) in [5.74, 6) is 0.926. The number of ether oxygens (including phenoxy) is 1. The number of nitrogens with zero attached hydrogens (tertiary/aromatic N) is 1. The molecule has 0 unspecified atom stereocenters. The fraction of sp³-hybridized carbons (Fsp3) is 0.318. The summed E-state index contributed by atoms with van der Waals surface area (Å²) in [4.78, 5) is 15.0. The maximum absolute atomic E-state index is 12.6. The Morgan fingerprint density at radius 3 is 2.60 bits per heavy atom. The summed E-state index contributed by atoms with van der Waals surface area (Å²) in [6, 6.07) is 14.5. The summed E-state index contributed by atoms with van der Waals surface area (Å²) in [6.07, 6.45) is 0.480. The molecule has 0 N–H and O–H groups in total. The zero-order valence-electron chi connectivity index (χ0n) is 14.8. The predicted molar refractivity (Wildman–Crippen MR) is 99.8 cm³/mol. The van der Waals surface area contributed by atoms with Gasteiger partial charge in [-0.05, 0) is 29.8 Å². The molecule has 0 spiro atoms. The normalized spacial score (nSPS) is 18.4. The van der Waals surface area contributed by atoms with Gasteiger partial charge in [-0.1, -0.05) is 56.3 Å². The summed E-state index contributed by atoms with van der Waals surface area (Å²) < 4.78 is 5.99. The molecule has 2 aliphatic rings. The van der Waals surface area contributed by atoms with E-state index in [2.05, 4.69) is 36.9 Å². The standard InChI is InChI=1S/C22H23NO2/c1-3-23(4-2)13-15-9-10-19-17(11-15)14-25-22(19)21-18-8-6-5-7-16(18)12-20(21)24/h5-11H,3-4,12-14H2,1-2H3/b22-21+. The number of allylic oxidation sites excluding steroid dienone is 1. The summed E-state index contributed by atoms with van der Waals surface area (Å²) in [7, 11) is 0. The van der Waals surface area contributed by atoms with Gasteiger partial charge in [0.15, 0.2) is 5.78 Å². The van der Waals surface area contributed by atoms with Crippen LogP contribution in [0.25, 0.3) is 11.3 Å². The van der Waals surface area contributed by atoms with Crippen LogP contribution in [0.4, 0.5) is 0 Å². The van der Waals surface area contributed by atoms with Crippen LogP contribution in [0.3, 0.4) is 0 Å². The van der Waals surface area contributed by atoms with Crippen molar-refractivity contribution in [2.45, 2.75) is 33.4 Å². The van der Waals surface area contributed by atoms with Crippen molar-refractivity contribution in [1.29, 1.82) is 0 Å². The number of Topliss-reactive ketones (excluding diaryl/α,β-unsaturated/α-hetero) is 1. The van der Waals surface area contributed by atoms with Crippen molar-refractivity contribution in [3.8, 4) is 0 Å². The second-order valence-corrected chi connectivity index (χ2v) is 6.70. The molecule has 1 heterocycles. The monoisotopic (exact) mass is 333 g/mol. The molecule has 0 radical (unpaired) electrons. The van der Waals surface area contributed by atoms with Crippen LogP contribution in [0.1, 0.15) is 41.7 Å². The van der Waals surface area contributed by atoms with Crippen molar-refractivity contribution in [2.75, 3.05) is 13.1 Å². The van der Waals surface area contributed by atoms with Crippen molar-refractivity contribution in [3.63, 3.8) is 0 Å². The van der Waals surface area contributed by atoms with E-state index in [4.69, 9.17) is 4.74 Å².